The van der Waals surface area contributed by atoms with E-state index in [1.54, 1.807) is 18.2 Å². The number of rotatable bonds is 6. The van der Waals surface area contributed by atoms with Crippen molar-refractivity contribution in [1.29, 1.82) is 0 Å². The number of aliphatic carboxylic acids is 1. The van der Waals surface area contributed by atoms with Crippen molar-refractivity contribution in [2.24, 2.45) is 5.92 Å². The minimum atomic E-state index is -4.84. The molecule has 11 heteroatoms. The second-order valence-electron chi connectivity index (χ2n) is 9.62. The van der Waals surface area contributed by atoms with Gasteiger partial charge in [-0.3, -0.25) is 9.59 Å². The average molecular weight is 527 g/mol. The normalized spacial score (nSPS) is 18.0. The van der Waals surface area contributed by atoms with Crippen LogP contribution in [0.25, 0.3) is 22.4 Å². The predicted molar refractivity (Wildman–Crippen MR) is 133 cm³/mol. The highest BCUT2D eigenvalue weighted by Crippen LogP contribution is 2.38. The average Bonchev–Trinajstić information content (AvgIpc) is 3.48. The van der Waals surface area contributed by atoms with Crippen molar-refractivity contribution in [2.45, 2.75) is 51.1 Å². The van der Waals surface area contributed by atoms with Gasteiger partial charge in [0.15, 0.2) is 11.6 Å². The van der Waals surface area contributed by atoms with Gasteiger partial charge in [-0.25, -0.2) is 9.97 Å². The maximum absolute atomic E-state index is 13.2. The molecule has 1 aliphatic rings. The number of benzene rings is 2. The van der Waals surface area contributed by atoms with E-state index in [0.29, 0.717) is 22.8 Å². The summed E-state index contributed by atoms with van der Waals surface area (Å²) in [5.74, 6) is -2.18. The molecule has 0 bridgehead atoms. The van der Waals surface area contributed by atoms with Crippen molar-refractivity contribution in [3.8, 4) is 11.4 Å². The Morgan fingerprint density at radius 2 is 1.79 bits per heavy atom. The zero-order chi connectivity index (χ0) is 27.0. The number of hydrogen-bond donors (Lipinski definition) is 3. The fraction of sp³-hybridized carbons (Fsp3) is 0.333. The summed E-state index contributed by atoms with van der Waals surface area (Å²) in [6, 6.07) is 12.9. The smallest absolute Gasteiger partial charge is 0.452 e. The molecule has 8 nitrogen and oxygen atoms in total. The highest BCUT2D eigenvalue weighted by atomic mass is 19.4. The second kappa shape index (κ2) is 9.96. The van der Waals surface area contributed by atoms with Gasteiger partial charge in [-0.1, -0.05) is 24.3 Å². The number of carboxylic acids is 1. The lowest BCUT2D eigenvalue weighted by Crippen LogP contribution is -2.18. The molecule has 198 valence electrons. The molecular formula is C27H25F3N4O4. The zero-order valence-electron chi connectivity index (χ0n) is 20.4. The highest BCUT2D eigenvalue weighted by molar-refractivity contribution is 6.04. The highest BCUT2D eigenvalue weighted by Gasteiger charge is 2.41. The Labute approximate surface area is 215 Å². The van der Waals surface area contributed by atoms with Gasteiger partial charge in [0, 0.05) is 24.6 Å². The number of aromatic nitrogens is 3. The molecule has 3 N–H and O–H groups in total. The van der Waals surface area contributed by atoms with Gasteiger partial charge in [-0.05, 0) is 61.3 Å². The third-order valence-corrected chi connectivity index (χ3v) is 6.91. The molecule has 1 aliphatic carbocycles. The number of H-pyrrole nitrogens is 1. The van der Waals surface area contributed by atoms with E-state index in [1.807, 2.05) is 12.1 Å². The number of fused-ring (bicyclic) bond motifs is 1. The first-order valence-electron chi connectivity index (χ1n) is 12.2. The Morgan fingerprint density at radius 1 is 1.08 bits per heavy atom. The van der Waals surface area contributed by atoms with Crippen LogP contribution < -0.4 is 5.32 Å². The van der Waals surface area contributed by atoms with Crippen LogP contribution >= 0.6 is 0 Å². The summed E-state index contributed by atoms with van der Waals surface area (Å²) in [5, 5.41) is 11.4. The number of aromatic amines is 1. The molecule has 0 unspecified atom stereocenters. The van der Waals surface area contributed by atoms with Gasteiger partial charge in [-0.2, -0.15) is 13.2 Å². The summed E-state index contributed by atoms with van der Waals surface area (Å²) >= 11 is 0. The van der Waals surface area contributed by atoms with Crippen molar-refractivity contribution < 1.29 is 32.3 Å². The standard InChI is InChI=1S/C27H25F3N4O4/c1-14-31-23(24(38-14)27(28,29)30)26(37)32-19-10-11-20-21(13-19)34-25(33-20)18-8-6-17(7-9-18)16-4-2-15(3-5-16)12-22(35)36/h6-11,13,15-16H,2-5,12H2,1H3,(H,32,37)(H,33,34)(H,35,36). The molecular weight excluding hydrogens is 501 g/mol. The molecule has 0 aliphatic heterocycles. The van der Waals surface area contributed by atoms with Crippen LogP contribution in [0.5, 0.6) is 0 Å². The molecule has 0 radical (unpaired) electrons. The van der Waals surface area contributed by atoms with Crippen LogP contribution in [0.2, 0.25) is 0 Å². The van der Waals surface area contributed by atoms with Crippen LogP contribution in [0.1, 0.15) is 65.7 Å². The molecule has 1 saturated carbocycles. The fourth-order valence-corrected chi connectivity index (χ4v) is 5.05. The van der Waals surface area contributed by atoms with E-state index in [2.05, 4.69) is 36.8 Å². The number of carbonyl (C=O) groups excluding carboxylic acids is 1. The van der Waals surface area contributed by atoms with Crippen molar-refractivity contribution >= 4 is 28.6 Å². The molecule has 5 rings (SSSR count). The molecule has 38 heavy (non-hydrogen) atoms. The van der Waals surface area contributed by atoms with Gasteiger partial charge in [-0.15, -0.1) is 0 Å². The van der Waals surface area contributed by atoms with Gasteiger partial charge in [0.25, 0.3) is 5.91 Å². The predicted octanol–water partition coefficient (Wildman–Crippen LogP) is 6.55. The number of nitrogens with zero attached hydrogens (tertiary/aromatic N) is 2. The first-order valence-corrected chi connectivity index (χ1v) is 12.2. The summed E-state index contributed by atoms with van der Waals surface area (Å²) in [7, 11) is 0. The van der Waals surface area contributed by atoms with Crippen molar-refractivity contribution in [3.63, 3.8) is 0 Å². The Balaban J connectivity index is 1.29. The Bertz CT molecular complexity index is 1480. The molecule has 2 aromatic carbocycles. The molecule has 1 amide bonds. The summed E-state index contributed by atoms with van der Waals surface area (Å²) in [6.07, 6.45) is -0.851. The minimum absolute atomic E-state index is 0.234. The first-order chi connectivity index (χ1) is 18.1. The van der Waals surface area contributed by atoms with Crippen LogP contribution in [-0.2, 0) is 11.0 Å². The van der Waals surface area contributed by atoms with E-state index in [0.717, 1.165) is 31.2 Å². The van der Waals surface area contributed by atoms with E-state index in [-0.39, 0.29) is 23.9 Å². The van der Waals surface area contributed by atoms with Gasteiger partial charge >= 0.3 is 12.1 Å². The number of imidazole rings is 1. The van der Waals surface area contributed by atoms with Crippen LogP contribution in [0, 0.1) is 12.8 Å². The van der Waals surface area contributed by atoms with Crippen molar-refractivity contribution in [3.05, 3.63) is 65.4 Å². The van der Waals surface area contributed by atoms with E-state index in [9.17, 15) is 22.8 Å². The number of oxazole rings is 1. The summed E-state index contributed by atoms with van der Waals surface area (Å²) in [5.41, 5.74) is 2.77. The van der Waals surface area contributed by atoms with E-state index < -0.39 is 29.5 Å². The summed E-state index contributed by atoms with van der Waals surface area (Å²) in [6.45, 7) is 1.24. The van der Waals surface area contributed by atoms with Crippen molar-refractivity contribution in [2.75, 3.05) is 5.32 Å². The number of carboxylic acid groups (broad SMARTS) is 1. The van der Waals surface area contributed by atoms with Crippen LogP contribution in [-0.4, -0.2) is 31.9 Å². The molecule has 2 heterocycles. The quantitative estimate of drug-likeness (QED) is 0.262. The SMILES string of the molecule is Cc1nc(C(=O)Nc2ccc3nc(-c4ccc(C5CCC(CC(=O)O)CC5)cc4)[nH]c3c2)c(C(F)(F)F)o1. The lowest BCUT2D eigenvalue weighted by atomic mass is 9.77. The molecule has 0 spiro atoms. The Morgan fingerprint density at radius 3 is 2.45 bits per heavy atom. The molecule has 2 aromatic heterocycles. The molecule has 1 fully saturated rings. The van der Waals surface area contributed by atoms with E-state index in [4.69, 9.17) is 5.11 Å². The monoisotopic (exact) mass is 526 g/mol. The molecule has 4 aromatic rings. The van der Waals surface area contributed by atoms with Gasteiger partial charge in [0.1, 0.15) is 5.82 Å². The Hall–Kier alpha value is -4.15. The second-order valence-corrected chi connectivity index (χ2v) is 9.62. The maximum atomic E-state index is 13.2. The lowest BCUT2D eigenvalue weighted by Gasteiger charge is -2.28. The van der Waals surface area contributed by atoms with Crippen LogP contribution in [0.15, 0.2) is 46.9 Å². The molecule has 0 saturated heterocycles. The van der Waals surface area contributed by atoms with Crippen LogP contribution in [0.3, 0.4) is 0 Å². The molecule has 0 atom stereocenters. The number of halogens is 3. The number of nitrogens with one attached hydrogen (secondary N) is 2. The number of hydrogen-bond acceptors (Lipinski definition) is 5. The number of alkyl halides is 3. The summed E-state index contributed by atoms with van der Waals surface area (Å²) in [4.78, 5) is 34.8. The summed E-state index contributed by atoms with van der Waals surface area (Å²) < 4.78 is 44.1. The topological polar surface area (TPSA) is 121 Å². The minimum Gasteiger partial charge on any atom is -0.481 e. The number of carbonyl (C=O) groups is 2. The number of anilines is 1. The van der Waals surface area contributed by atoms with Gasteiger partial charge in [0.2, 0.25) is 5.76 Å². The number of amides is 1. The third kappa shape index (κ3) is 5.41. The van der Waals surface area contributed by atoms with Gasteiger partial charge in [0.05, 0.1) is 11.0 Å². The first kappa shape index (κ1) is 25.5. The Kier molecular flexibility index (Phi) is 6.68. The van der Waals surface area contributed by atoms with Crippen LogP contribution in [0.4, 0.5) is 18.9 Å². The lowest BCUT2D eigenvalue weighted by molar-refractivity contribution is -0.153. The van der Waals surface area contributed by atoms with E-state index >= 15 is 0 Å². The maximum Gasteiger partial charge on any atom is 0.452 e. The number of aryl methyl sites for hydroxylation is 1. The fourth-order valence-electron chi connectivity index (χ4n) is 5.05. The third-order valence-electron chi connectivity index (χ3n) is 6.91. The zero-order valence-corrected chi connectivity index (χ0v) is 20.4. The van der Waals surface area contributed by atoms with Gasteiger partial charge < -0.3 is 19.8 Å². The van der Waals surface area contributed by atoms with Crippen molar-refractivity contribution in [1.82, 2.24) is 15.0 Å². The largest absolute Gasteiger partial charge is 0.481 e. The van der Waals surface area contributed by atoms with E-state index in [1.165, 1.54) is 12.5 Å².